The van der Waals surface area contributed by atoms with Gasteiger partial charge in [0, 0.05) is 60.1 Å². The quantitative estimate of drug-likeness (QED) is 0.360. The minimum absolute atomic E-state index is 0.214. The molecule has 1 fully saturated rings. The maximum absolute atomic E-state index is 12.6. The van der Waals surface area contributed by atoms with Crippen molar-refractivity contribution in [1.29, 1.82) is 0 Å². The Morgan fingerprint density at radius 3 is 2.42 bits per heavy atom. The number of ether oxygens (including phenoxy) is 1. The van der Waals surface area contributed by atoms with Crippen LogP contribution in [0.1, 0.15) is 22.0 Å². The maximum Gasteiger partial charge on any atom is 0.325 e. The molecule has 8 nitrogen and oxygen atoms in total. The van der Waals surface area contributed by atoms with Gasteiger partial charge in [-0.25, -0.2) is 0 Å². The number of H-pyrrole nitrogens is 1. The summed E-state index contributed by atoms with van der Waals surface area (Å²) in [5.41, 5.74) is 3.68. The van der Waals surface area contributed by atoms with E-state index in [2.05, 4.69) is 15.2 Å². The van der Waals surface area contributed by atoms with Gasteiger partial charge >= 0.3 is 5.97 Å². The highest BCUT2D eigenvalue weighted by atomic mass is 16.5. The van der Waals surface area contributed by atoms with Gasteiger partial charge in [0.25, 0.3) is 5.91 Å². The second-order valence-electron chi connectivity index (χ2n) is 8.76. The number of piperazine rings is 1. The standard InChI is InChI=1S/C28H28N4O4/c1-36-25-10-6-5-9-24(25)31-13-15-32(16-14-31)26(28(34)35)22-18-29-23-12-11-20(17-21(22)23)30-27(33)19-7-3-2-4-8-19/h2-12,17-18,26,29H,13-16H2,1H3,(H,30,33)(H,34,35). The summed E-state index contributed by atoms with van der Waals surface area (Å²) in [6.07, 6.45) is 1.76. The Balaban J connectivity index is 1.37. The molecule has 36 heavy (non-hydrogen) atoms. The SMILES string of the molecule is COc1ccccc1N1CCN(C(C(=O)O)c2c[nH]c3ccc(NC(=O)c4ccccc4)cc23)CC1. The molecule has 4 aromatic rings. The molecule has 3 N–H and O–H groups in total. The highest BCUT2D eigenvalue weighted by Crippen LogP contribution is 2.33. The van der Waals surface area contributed by atoms with Crippen LogP contribution in [0.25, 0.3) is 10.9 Å². The number of hydrogen-bond acceptors (Lipinski definition) is 5. The molecule has 8 heteroatoms. The molecule has 1 amide bonds. The zero-order valence-electron chi connectivity index (χ0n) is 20.0. The Labute approximate surface area is 209 Å². The first kappa shape index (κ1) is 23.4. The number of anilines is 2. The summed E-state index contributed by atoms with van der Waals surface area (Å²) in [5, 5.41) is 13.9. The van der Waals surface area contributed by atoms with E-state index in [1.54, 1.807) is 25.4 Å². The van der Waals surface area contributed by atoms with Gasteiger partial charge in [-0.15, -0.1) is 0 Å². The molecule has 1 aromatic heterocycles. The van der Waals surface area contributed by atoms with Gasteiger partial charge in [-0.1, -0.05) is 30.3 Å². The van der Waals surface area contributed by atoms with Gasteiger partial charge in [0.05, 0.1) is 12.8 Å². The molecular weight excluding hydrogens is 456 g/mol. The number of hydrogen-bond donors (Lipinski definition) is 3. The number of aromatic nitrogens is 1. The minimum atomic E-state index is -0.902. The first-order valence-electron chi connectivity index (χ1n) is 11.9. The fraction of sp³-hybridized carbons (Fsp3) is 0.214. The molecule has 2 heterocycles. The zero-order valence-corrected chi connectivity index (χ0v) is 20.0. The van der Waals surface area contributed by atoms with Crippen molar-refractivity contribution in [3.8, 4) is 5.75 Å². The summed E-state index contributed by atoms with van der Waals surface area (Å²) in [6.45, 7) is 2.55. The summed E-state index contributed by atoms with van der Waals surface area (Å²) in [7, 11) is 1.66. The molecule has 5 rings (SSSR count). The van der Waals surface area contributed by atoms with Gasteiger partial charge in [0.15, 0.2) is 0 Å². The van der Waals surface area contributed by atoms with E-state index in [0.29, 0.717) is 43.0 Å². The smallest absolute Gasteiger partial charge is 0.325 e. The summed E-state index contributed by atoms with van der Waals surface area (Å²) in [6, 6.07) is 21.6. The maximum atomic E-state index is 12.6. The lowest BCUT2D eigenvalue weighted by atomic mass is 10.0. The Bertz CT molecular complexity index is 1380. The van der Waals surface area contributed by atoms with Gasteiger partial charge in [-0.05, 0) is 42.5 Å². The van der Waals surface area contributed by atoms with Gasteiger partial charge in [0.1, 0.15) is 11.8 Å². The molecule has 1 aliphatic heterocycles. The van der Waals surface area contributed by atoms with Crippen LogP contribution in [0.4, 0.5) is 11.4 Å². The highest BCUT2D eigenvalue weighted by Gasteiger charge is 2.32. The van der Waals surface area contributed by atoms with E-state index < -0.39 is 12.0 Å². The number of carbonyl (C=O) groups excluding carboxylic acids is 1. The van der Waals surface area contributed by atoms with Crippen molar-refractivity contribution in [3.63, 3.8) is 0 Å². The van der Waals surface area contributed by atoms with Crippen LogP contribution in [-0.4, -0.2) is 60.2 Å². The van der Waals surface area contributed by atoms with Gasteiger partial charge < -0.3 is 25.0 Å². The molecule has 0 bridgehead atoms. The fourth-order valence-electron chi connectivity index (χ4n) is 4.84. The van der Waals surface area contributed by atoms with Crippen molar-refractivity contribution in [1.82, 2.24) is 9.88 Å². The van der Waals surface area contributed by atoms with Crippen molar-refractivity contribution in [3.05, 3.63) is 90.1 Å². The Morgan fingerprint density at radius 2 is 1.69 bits per heavy atom. The lowest BCUT2D eigenvalue weighted by molar-refractivity contribution is -0.143. The lowest BCUT2D eigenvalue weighted by Gasteiger charge is -2.39. The second kappa shape index (κ2) is 10.1. The molecule has 0 saturated carbocycles. The number of carboxylic acid groups (broad SMARTS) is 1. The van der Waals surface area contributed by atoms with Crippen LogP contribution >= 0.6 is 0 Å². The number of fused-ring (bicyclic) bond motifs is 1. The van der Waals surface area contributed by atoms with Gasteiger partial charge in [-0.3, -0.25) is 14.5 Å². The monoisotopic (exact) mass is 484 g/mol. The number of carboxylic acids is 1. The van der Waals surface area contributed by atoms with Crippen molar-refractivity contribution >= 4 is 34.2 Å². The van der Waals surface area contributed by atoms with E-state index in [9.17, 15) is 14.7 Å². The molecule has 1 unspecified atom stereocenters. The molecule has 0 spiro atoms. The third kappa shape index (κ3) is 4.63. The Kier molecular flexibility index (Phi) is 6.60. The van der Waals surface area contributed by atoms with E-state index in [1.807, 2.05) is 65.6 Å². The summed E-state index contributed by atoms with van der Waals surface area (Å²) in [4.78, 5) is 32.5. The predicted molar refractivity (Wildman–Crippen MR) is 140 cm³/mol. The third-order valence-corrected chi connectivity index (χ3v) is 6.64. The van der Waals surface area contributed by atoms with Crippen molar-refractivity contribution in [2.45, 2.75) is 6.04 Å². The number of rotatable bonds is 7. The molecule has 184 valence electrons. The van der Waals surface area contributed by atoms with Crippen LogP contribution in [0.5, 0.6) is 5.75 Å². The first-order chi connectivity index (χ1) is 17.5. The topological polar surface area (TPSA) is 97.9 Å². The molecular formula is C28H28N4O4. The second-order valence-corrected chi connectivity index (χ2v) is 8.76. The van der Waals surface area contributed by atoms with Crippen LogP contribution in [-0.2, 0) is 4.79 Å². The third-order valence-electron chi connectivity index (χ3n) is 6.64. The number of aliphatic carboxylic acids is 1. The fourth-order valence-corrected chi connectivity index (χ4v) is 4.84. The number of nitrogens with zero attached hydrogens (tertiary/aromatic N) is 2. The molecule has 0 aliphatic carbocycles. The minimum Gasteiger partial charge on any atom is -0.495 e. The average Bonchev–Trinajstić information content (AvgIpc) is 3.32. The zero-order chi connectivity index (χ0) is 25.1. The van der Waals surface area contributed by atoms with E-state index in [-0.39, 0.29) is 5.91 Å². The van der Waals surface area contributed by atoms with Crippen LogP contribution in [0.3, 0.4) is 0 Å². The summed E-state index contributed by atoms with van der Waals surface area (Å²) < 4.78 is 5.50. The number of methoxy groups -OCH3 is 1. The number of benzene rings is 3. The van der Waals surface area contributed by atoms with E-state index in [1.165, 1.54) is 0 Å². The van der Waals surface area contributed by atoms with Crippen molar-refractivity contribution in [2.24, 2.45) is 0 Å². The van der Waals surface area contributed by atoms with Crippen molar-refractivity contribution < 1.29 is 19.4 Å². The van der Waals surface area contributed by atoms with Gasteiger partial charge in [0.2, 0.25) is 0 Å². The largest absolute Gasteiger partial charge is 0.495 e. The lowest BCUT2D eigenvalue weighted by Crippen LogP contribution is -2.49. The van der Waals surface area contributed by atoms with Crippen LogP contribution in [0.15, 0.2) is 79.0 Å². The van der Waals surface area contributed by atoms with Crippen LogP contribution < -0.4 is 15.0 Å². The Hall–Kier alpha value is -4.30. The number of carbonyl (C=O) groups is 2. The molecule has 3 aromatic carbocycles. The first-order valence-corrected chi connectivity index (χ1v) is 11.9. The van der Waals surface area contributed by atoms with E-state index >= 15 is 0 Å². The number of nitrogens with one attached hydrogen (secondary N) is 2. The number of aromatic amines is 1. The summed E-state index contributed by atoms with van der Waals surface area (Å²) in [5.74, 6) is -0.308. The van der Waals surface area contributed by atoms with E-state index in [0.717, 1.165) is 22.3 Å². The van der Waals surface area contributed by atoms with Crippen LogP contribution in [0.2, 0.25) is 0 Å². The summed E-state index contributed by atoms with van der Waals surface area (Å²) >= 11 is 0. The number of amides is 1. The van der Waals surface area contributed by atoms with Crippen molar-refractivity contribution in [2.75, 3.05) is 43.5 Å². The predicted octanol–water partition coefficient (Wildman–Crippen LogP) is 4.38. The molecule has 1 atom stereocenters. The molecule has 1 aliphatic rings. The average molecular weight is 485 g/mol. The Morgan fingerprint density at radius 1 is 0.972 bits per heavy atom. The van der Waals surface area contributed by atoms with E-state index in [4.69, 9.17) is 4.74 Å². The van der Waals surface area contributed by atoms with Gasteiger partial charge in [-0.2, -0.15) is 0 Å². The highest BCUT2D eigenvalue weighted by molar-refractivity contribution is 6.05. The van der Waals surface area contributed by atoms with Crippen LogP contribution in [0, 0.1) is 0 Å². The normalized spacial score (nSPS) is 15.0. The molecule has 1 saturated heterocycles. The number of para-hydroxylation sites is 2. The molecule has 0 radical (unpaired) electrons.